The first-order chi connectivity index (χ1) is 11.4. The number of amides is 1. The Labute approximate surface area is 142 Å². The molecule has 1 heterocycles. The lowest BCUT2D eigenvalue weighted by Crippen LogP contribution is -2.37. The molecule has 130 valence electrons. The van der Waals surface area contributed by atoms with Crippen LogP contribution in [0.1, 0.15) is 31.3 Å². The van der Waals surface area contributed by atoms with Crippen molar-refractivity contribution in [2.75, 3.05) is 14.2 Å². The lowest BCUT2D eigenvalue weighted by atomic mass is 10.1. The Kier molecular flexibility index (Phi) is 5.49. The van der Waals surface area contributed by atoms with Gasteiger partial charge in [0, 0.05) is 24.7 Å². The summed E-state index contributed by atoms with van der Waals surface area (Å²) in [5.74, 6) is 1.58. The van der Waals surface area contributed by atoms with Gasteiger partial charge in [0.1, 0.15) is 17.2 Å². The number of aryl methyl sites for hydroxylation is 1. The van der Waals surface area contributed by atoms with Crippen LogP contribution >= 0.6 is 0 Å². The van der Waals surface area contributed by atoms with Crippen LogP contribution in [0, 0.1) is 5.92 Å². The molecular weight excluding hydrogens is 306 g/mol. The SMILES string of the molecule is COc1ccc(-c2cc(C(=O)N[C@H](C)C(C)C)n(C)n2)c(OC)c1. The van der Waals surface area contributed by atoms with Crippen molar-refractivity contribution >= 4 is 5.91 Å². The number of hydrogen-bond acceptors (Lipinski definition) is 4. The molecule has 0 unspecified atom stereocenters. The molecule has 1 atom stereocenters. The minimum Gasteiger partial charge on any atom is -0.497 e. The second kappa shape index (κ2) is 7.38. The minimum absolute atomic E-state index is 0.0892. The lowest BCUT2D eigenvalue weighted by Gasteiger charge is -2.17. The molecule has 2 aromatic rings. The molecule has 0 bridgehead atoms. The van der Waals surface area contributed by atoms with E-state index in [1.54, 1.807) is 38.1 Å². The molecule has 0 radical (unpaired) electrons. The van der Waals surface area contributed by atoms with Crippen molar-refractivity contribution in [3.63, 3.8) is 0 Å². The van der Waals surface area contributed by atoms with Crippen LogP contribution in [0.15, 0.2) is 24.3 Å². The number of rotatable bonds is 6. The van der Waals surface area contributed by atoms with Crippen molar-refractivity contribution in [3.05, 3.63) is 30.0 Å². The van der Waals surface area contributed by atoms with Gasteiger partial charge in [-0.1, -0.05) is 13.8 Å². The Morgan fingerprint density at radius 1 is 1.17 bits per heavy atom. The summed E-state index contributed by atoms with van der Waals surface area (Å²) in [6, 6.07) is 7.37. The molecule has 2 rings (SSSR count). The van der Waals surface area contributed by atoms with Gasteiger partial charge in [-0.3, -0.25) is 9.48 Å². The molecule has 0 saturated heterocycles. The van der Waals surface area contributed by atoms with Crippen molar-refractivity contribution < 1.29 is 14.3 Å². The van der Waals surface area contributed by atoms with E-state index < -0.39 is 0 Å². The number of nitrogens with zero attached hydrogens (tertiary/aromatic N) is 2. The van der Waals surface area contributed by atoms with E-state index in [1.165, 1.54) is 0 Å². The quantitative estimate of drug-likeness (QED) is 0.884. The maximum Gasteiger partial charge on any atom is 0.269 e. The molecule has 0 saturated carbocycles. The maximum atomic E-state index is 12.5. The van der Waals surface area contributed by atoms with Crippen molar-refractivity contribution in [2.24, 2.45) is 13.0 Å². The number of benzene rings is 1. The van der Waals surface area contributed by atoms with Crippen molar-refractivity contribution in [3.8, 4) is 22.8 Å². The molecule has 1 amide bonds. The van der Waals surface area contributed by atoms with Gasteiger partial charge in [0.05, 0.1) is 19.9 Å². The molecule has 6 heteroatoms. The van der Waals surface area contributed by atoms with Crippen LogP contribution in [0.4, 0.5) is 0 Å². The van der Waals surface area contributed by atoms with E-state index in [-0.39, 0.29) is 11.9 Å². The normalized spacial score (nSPS) is 12.1. The van der Waals surface area contributed by atoms with E-state index in [0.717, 1.165) is 5.56 Å². The average Bonchev–Trinajstić information content (AvgIpc) is 2.95. The molecule has 0 aliphatic carbocycles. The van der Waals surface area contributed by atoms with Crippen LogP contribution in [0.2, 0.25) is 0 Å². The molecule has 1 aromatic carbocycles. The van der Waals surface area contributed by atoms with Gasteiger partial charge in [-0.05, 0) is 31.0 Å². The second-order valence-corrected chi connectivity index (χ2v) is 6.11. The third-order valence-electron chi connectivity index (χ3n) is 4.16. The largest absolute Gasteiger partial charge is 0.497 e. The molecule has 1 aromatic heterocycles. The molecule has 0 aliphatic heterocycles. The third kappa shape index (κ3) is 3.69. The van der Waals surface area contributed by atoms with Gasteiger partial charge in [0.2, 0.25) is 0 Å². The van der Waals surface area contributed by atoms with Crippen LogP contribution in [-0.2, 0) is 7.05 Å². The van der Waals surface area contributed by atoms with Gasteiger partial charge >= 0.3 is 0 Å². The van der Waals surface area contributed by atoms with Gasteiger partial charge in [0.15, 0.2) is 0 Å². The van der Waals surface area contributed by atoms with Crippen LogP contribution in [0.5, 0.6) is 11.5 Å². The van der Waals surface area contributed by atoms with Crippen molar-refractivity contribution in [2.45, 2.75) is 26.8 Å². The number of nitrogens with one attached hydrogen (secondary N) is 1. The number of ether oxygens (including phenoxy) is 2. The van der Waals surface area contributed by atoms with E-state index in [1.807, 2.05) is 19.1 Å². The maximum absolute atomic E-state index is 12.5. The molecule has 0 spiro atoms. The molecule has 24 heavy (non-hydrogen) atoms. The number of methoxy groups -OCH3 is 2. The number of hydrogen-bond donors (Lipinski definition) is 1. The van der Waals surface area contributed by atoms with Crippen molar-refractivity contribution in [1.29, 1.82) is 0 Å². The zero-order valence-corrected chi connectivity index (χ0v) is 15.1. The topological polar surface area (TPSA) is 65.4 Å². The highest BCUT2D eigenvalue weighted by Crippen LogP contribution is 2.32. The van der Waals surface area contributed by atoms with E-state index >= 15 is 0 Å². The fourth-order valence-corrected chi connectivity index (χ4v) is 2.27. The van der Waals surface area contributed by atoms with E-state index in [0.29, 0.717) is 28.8 Å². The Hall–Kier alpha value is -2.50. The standard InChI is InChI=1S/C18H25N3O3/c1-11(2)12(3)19-18(22)16-10-15(20-21(16)4)14-8-7-13(23-5)9-17(14)24-6/h7-12H,1-6H3,(H,19,22)/t12-/m1/s1. The van der Waals surface area contributed by atoms with E-state index in [9.17, 15) is 4.79 Å². The highest BCUT2D eigenvalue weighted by atomic mass is 16.5. The summed E-state index contributed by atoms with van der Waals surface area (Å²) >= 11 is 0. The fraction of sp³-hybridized carbons (Fsp3) is 0.444. The summed E-state index contributed by atoms with van der Waals surface area (Å²) in [5.41, 5.74) is 2.00. The van der Waals surface area contributed by atoms with Crippen LogP contribution in [-0.4, -0.2) is 35.9 Å². The summed E-state index contributed by atoms with van der Waals surface area (Å²) in [7, 11) is 4.96. The smallest absolute Gasteiger partial charge is 0.269 e. The first-order valence-corrected chi connectivity index (χ1v) is 7.94. The van der Waals surface area contributed by atoms with Crippen LogP contribution in [0.25, 0.3) is 11.3 Å². The van der Waals surface area contributed by atoms with E-state index in [4.69, 9.17) is 9.47 Å². The van der Waals surface area contributed by atoms with Gasteiger partial charge < -0.3 is 14.8 Å². The monoisotopic (exact) mass is 331 g/mol. The van der Waals surface area contributed by atoms with E-state index in [2.05, 4.69) is 24.3 Å². The molecule has 0 fully saturated rings. The van der Waals surface area contributed by atoms with Gasteiger partial charge in [-0.25, -0.2) is 0 Å². The van der Waals surface area contributed by atoms with Crippen molar-refractivity contribution in [1.82, 2.24) is 15.1 Å². The van der Waals surface area contributed by atoms with Crippen LogP contribution < -0.4 is 14.8 Å². The summed E-state index contributed by atoms with van der Waals surface area (Å²) in [6.07, 6.45) is 0. The first kappa shape index (κ1) is 17.8. The molecule has 1 N–H and O–H groups in total. The minimum atomic E-state index is -0.134. The Bertz CT molecular complexity index is 722. The summed E-state index contributed by atoms with van der Waals surface area (Å²) in [6.45, 7) is 6.13. The second-order valence-electron chi connectivity index (χ2n) is 6.11. The summed E-state index contributed by atoms with van der Waals surface area (Å²) < 4.78 is 12.2. The first-order valence-electron chi connectivity index (χ1n) is 7.94. The van der Waals surface area contributed by atoms with Gasteiger partial charge in [-0.2, -0.15) is 5.10 Å². The number of carbonyl (C=O) groups excluding carboxylic acids is 1. The zero-order valence-electron chi connectivity index (χ0n) is 15.1. The number of aromatic nitrogens is 2. The highest BCUT2D eigenvalue weighted by Gasteiger charge is 2.19. The van der Waals surface area contributed by atoms with Gasteiger partial charge in [-0.15, -0.1) is 0 Å². The predicted octanol–water partition coefficient (Wildman–Crippen LogP) is 2.88. The fourth-order valence-electron chi connectivity index (χ4n) is 2.27. The highest BCUT2D eigenvalue weighted by molar-refractivity contribution is 5.94. The summed E-state index contributed by atoms with van der Waals surface area (Å²) in [4.78, 5) is 12.5. The van der Waals surface area contributed by atoms with Crippen LogP contribution in [0.3, 0.4) is 0 Å². The molecular formula is C18H25N3O3. The Morgan fingerprint density at radius 2 is 1.88 bits per heavy atom. The average molecular weight is 331 g/mol. The predicted molar refractivity (Wildman–Crippen MR) is 93.5 cm³/mol. The zero-order chi connectivity index (χ0) is 17.9. The Balaban J connectivity index is 2.33. The number of carbonyl (C=O) groups is 1. The van der Waals surface area contributed by atoms with Gasteiger partial charge in [0.25, 0.3) is 5.91 Å². The molecule has 6 nitrogen and oxygen atoms in total. The molecule has 0 aliphatic rings. The summed E-state index contributed by atoms with van der Waals surface area (Å²) in [5, 5.41) is 7.45. The Morgan fingerprint density at radius 3 is 2.46 bits per heavy atom. The third-order valence-corrected chi connectivity index (χ3v) is 4.16. The lowest BCUT2D eigenvalue weighted by molar-refractivity contribution is 0.0921.